The molecule has 3 aromatic carbocycles. The van der Waals surface area contributed by atoms with Gasteiger partial charge in [0.1, 0.15) is 23.9 Å². The zero-order valence-electron chi connectivity index (χ0n) is 22.8. The Hall–Kier alpha value is -4.16. The van der Waals surface area contributed by atoms with Crippen LogP contribution in [0.4, 0.5) is 10.1 Å². The molecule has 4 aromatic rings. The molecule has 41 heavy (non-hydrogen) atoms. The first kappa shape index (κ1) is 28.4. The number of aromatic nitrogens is 3. The van der Waals surface area contributed by atoms with E-state index >= 15 is 0 Å². The number of fused-ring (bicyclic) bond motifs is 1. The fourth-order valence-electron chi connectivity index (χ4n) is 5.08. The first-order valence-corrected chi connectivity index (χ1v) is 14.8. The van der Waals surface area contributed by atoms with Gasteiger partial charge in [0.25, 0.3) is 0 Å². The molecule has 1 aromatic heterocycles. The van der Waals surface area contributed by atoms with Gasteiger partial charge in [-0.3, -0.25) is 14.5 Å². The van der Waals surface area contributed by atoms with E-state index in [0.717, 1.165) is 30.0 Å². The highest BCUT2D eigenvalue weighted by atomic mass is 32.2. The number of para-hydroxylation sites is 1. The lowest BCUT2D eigenvalue weighted by molar-refractivity contribution is -0.127. The van der Waals surface area contributed by atoms with E-state index in [2.05, 4.69) is 15.6 Å². The number of hydrogen-bond acceptors (Lipinski definition) is 6. The van der Waals surface area contributed by atoms with Crippen molar-refractivity contribution in [3.63, 3.8) is 0 Å². The van der Waals surface area contributed by atoms with Gasteiger partial charge < -0.3 is 5.32 Å². The van der Waals surface area contributed by atoms with Crippen LogP contribution < -0.4 is 10.2 Å². The number of hydrogen-bond donors (Lipinski definition) is 1. The fraction of sp³-hybridized carbons (Fsp3) is 0.310. The van der Waals surface area contributed by atoms with Crippen LogP contribution in [-0.2, 0) is 26.2 Å². The number of amides is 2. The minimum absolute atomic E-state index is 0.0331. The largest absolute Gasteiger partial charge is 0.351 e. The topological polar surface area (TPSA) is 118 Å². The highest BCUT2D eigenvalue weighted by Gasteiger charge is 2.35. The Labute approximate surface area is 237 Å². The second kappa shape index (κ2) is 11.8. The number of nitrogens with zero attached hydrogens (tertiary/aromatic N) is 5. The Morgan fingerprint density at radius 1 is 1.00 bits per heavy atom. The van der Waals surface area contributed by atoms with Gasteiger partial charge in [-0.25, -0.2) is 21.8 Å². The van der Waals surface area contributed by atoms with Crippen LogP contribution in [0.1, 0.15) is 37.3 Å². The standard InChI is InChI=1S/C29H31FN6O4S/c1-34(2)41(39,40)24-17-15-23(16-18-24)36(27(37)19-35-26-10-6-5-9-25(26)32-33-35)28(20-11-13-21(30)14-12-20)29(38)31-22-7-3-4-8-22/h5-6,9-18,22,28H,3-4,7-8,19H2,1-2H3,(H,31,38)/t28-/m0/s1. The van der Waals surface area contributed by atoms with E-state index in [1.54, 1.807) is 12.1 Å². The maximum Gasteiger partial charge on any atom is 0.249 e. The Balaban J connectivity index is 1.59. The molecule has 1 atom stereocenters. The van der Waals surface area contributed by atoms with Gasteiger partial charge in [0.2, 0.25) is 21.8 Å². The normalized spacial score (nSPS) is 14.8. The zero-order valence-corrected chi connectivity index (χ0v) is 23.6. The molecule has 1 aliphatic carbocycles. The minimum Gasteiger partial charge on any atom is -0.351 e. The Kier molecular flexibility index (Phi) is 8.13. The van der Waals surface area contributed by atoms with E-state index in [4.69, 9.17) is 0 Å². The first-order chi connectivity index (χ1) is 19.6. The fourth-order valence-corrected chi connectivity index (χ4v) is 5.98. The van der Waals surface area contributed by atoms with Crippen molar-refractivity contribution >= 4 is 38.6 Å². The molecule has 0 saturated heterocycles. The number of sulfonamides is 1. The van der Waals surface area contributed by atoms with Crippen LogP contribution in [0.3, 0.4) is 0 Å². The summed E-state index contributed by atoms with van der Waals surface area (Å²) in [5, 5.41) is 11.3. The SMILES string of the molecule is CN(C)S(=O)(=O)c1ccc(N(C(=O)Cn2nnc3ccccc32)[C@H](C(=O)NC2CCCC2)c2ccc(F)cc2)cc1. The van der Waals surface area contributed by atoms with Crippen LogP contribution in [0.25, 0.3) is 11.0 Å². The number of halogens is 1. The number of anilines is 1. The van der Waals surface area contributed by atoms with Crippen molar-refractivity contribution in [3.8, 4) is 0 Å². The average Bonchev–Trinajstić information content (AvgIpc) is 3.62. The molecule has 0 radical (unpaired) electrons. The van der Waals surface area contributed by atoms with Crippen molar-refractivity contribution in [2.45, 2.75) is 49.2 Å². The number of rotatable bonds is 9. The highest BCUT2D eigenvalue weighted by Crippen LogP contribution is 2.31. The molecular formula is C29H31FN6O4S. The van der Waals surface area contributed by atoms with E-state index < -0.39 is 33.7 Å². The summed E-state index contributed by atoms with van der Waals surface area (Å²) in [5.74, 6) is -1.38. The van der Waals surface area contributed by atoms with Crippen molar-refractivity contribution in [1.82, 2.24) is 24.6 Å². The third-order valence-corrected chi connectivity index (χ3v) is 9.09. The van der Waals surface area contributed by atoms with Crippen molar-refractivity contribution in [1.29, 1.82) is 0 Å². The molecule has 1 saturated carbocycles. The summed E-state index contributed by atoms with van der Waals surface area (Å²) in [6.45, 7) is -0.243. The summed E-state index contributed by atoms with van der Waals surface area (Å²) >= 11 is 0. The lowest BCUT2D eigenvalue weighted by Crippen LogP contribution is -2.47. The molecule has 1 fully saturated rings. The van der Waals surface area contributed by atoms with Crippen LogP contribution in [0.2, 0.25) is 0 Å². The summed E-state index contributed by atoms with van der Waals surface area (Å²) in [6, 6.07) is 17.2. The van der Waals surface area contributed by atoms with Gasteiger partial charge in [-0.2, -0.15) is 0 Å². The van der Waals surface area contributed by atoms with E-state index in [0.29, 0.717) is 22.3 Å². The summed E-state index contributed by atoms with van der Waals surface area (Å²) in [6.07, 6.45) is 3.65. The summed E-state index contributed by atoms with van der Waals surface area (Å²) in [5.41, 5.74) is 1.96. The molecule has 0 bridgehead atoms. The molecule has 214 valence electrons. The minimum atomic E-state index is -3.73. The average molecular weight is 579 g/mol. The third-order valence-electron chi connectivity index (χ3n) is 7.26. The maximum atomic E-state index is 14.1. The first-order valence-electron chi connectivity index (χ1n) is 13.3. The van der Waals surface area contributed by atoms with Crippen LogP contribution >= 0.6 is 0 Å². The smallest absolute Gasteiger partial charge is 0.249 e. The molecule has 0 aliphatic heterocycles. The summed E-state index contributed by atoms with van der Waals surface area (Å²) in [7, 11) is -0.868. The van der Waals surface area contributed by atoms with Gasteiger partial charge in [-0.05, 0) is 66.9 Å². The molecule has 1 aliphatic rings. The van der Waals surface area contributed by atoms with Gasteiger partial charge in [0, 0.05) is 25.8 Å². The lowest BCUT2D eigenvalue weighted by Gasteiger charge is -2.32. The molecular weight excluding hydrogens is 547 g/mol. The Bertz CT molecular complexity index is 1650. The van der Waals surface area contributed by atoms with E-state index in [9.17, 15) is 22.4 Å². The third kappa shape index (κ3) is 5.98. The molecule has 2 amide bonds. The predicted octanol–water partition coefficient (Wildman–Crippen LogP) is 3.65. The van der Waals surface area contributed by atoms with Crippen LogP contribution in [0, 0.1) is 5.82 Å². The number of carbonyl (C=O) groups excluding carboxylic acids is 2. The second-order valence-electron chi connectivity index (χ2n) is 10.2. The molecule has 0 spiro atoms. The van der Waals surface area contributed by atoms with Crippen molar-refractivity contribution in [3.05, 3.63) is 84.2 Å². The van der Waals surface area contributed by atoms with Crippen LogP contribution in [0.5, 0.6) is 0 Å². The predicted molar refractivity (Wildman–Crippen MR) is 152 cm³/mol. The zero-order chi connectivity index (χ0) is 29.1. The molecule has 10 nitrogen and oxygen atoms in total. The Morgan fingerprint density at radius 3 is 2.32 bits per heavy atom. The van der Waals surface area contributed by atoms with E-state index in [1.807, 2.05) is 12.1 Å². The van der Waals surface area contributed by atoms with E-state index in [-0.39, 0.29) is 17.5 Å². The van der Waals surface area contributed by atoms with Crippen molar-refractivity contribution in [2.24, 2.45) is 0 Å². The van der Waals surface area contributed by atoms with Crippen LogP contribution in [0.15, 0.2) is 77.7 Å². The molecule has 5 rings (SSSR count). The van der Waals surface area contributed by atoms with Crippen molar-refractivity contribution in [2.75, 3.05) is 19.0 Å². The monoisotopic (exact) mass is 578 g/mol. The van der Waals surface area contributed by atoms with E-state index in [1.165, 1.54) is 72.2 Å². The van der Waals surface area contributed by atoms with Gasteiger partial charge in [0.15, 0.2) is 0 Å². The highest BCUT2D eigenvalue weighted by molar-refractivity contribution is 7.89. The number of benzene rings is 3. The summed E-state index contributed by atoms with van der Waals surface area (Å²) < 4.78 is 41.9. The van der Waals surface area contributed by atoms with Gasteiger partial charge in [0.05, 0.1) is 10.4 Å². The van der Waals surface area contributed by atoms with Gasteiger partial charge in [-0.15, -0.1) is 5.10 Å². The molecule has 0 unspecified atom stereocenters. The molecule has 1 N–H and O–H groups in total. The number of carbonyl (C=O) groups is 2. The van der Waals surface area contributed by atoms with Crippen molar-refractivity contribution < 1.29 is 22.4 Å². The maximum absolute atomic E-state index is 14.1. The molecule has 1 heterocycles. The van der Waals surface area contributed by atoms with Gasteiger partial charge >= 0.3 is 0 Å². The quantitative estimate of drug-likeness (QED) is 0.324. The number of nitrogens with one attached hydrogen (secondary N) is 1. The summed E-state index contributed by atoms with van der Waals surface area (Å²) in [4.78, 5) is 29.4. The lowest BCUT2D eigenvalue weighted by atomic mass is 10.0. The molecule has 12 heteroatoms. The second-order valence-corrected chi connectivity index (χ2v) is 12.4. The van der Waals surface area contributed by atoms with Crippen LogP contribution in [-0.4, -0.2) is 59.7 Å². The Morgan fingerprint density at radius 2 is 1.66 bits per heavy atom. The van der Waals surface area contributed by atoms with Gasteiger partial charge in [-0.1, -0.05) is 42.3 Å².